The number of hydrogen-bond acceptors (Lipinski definition) is 5. The molecule has 0 bridgehead atoms. The molecule has 1 aromatic rings. The predicted molar refractivity (Wildman–Crippen MR) is 69.6 cm³/mol. The van der Waals surface area contributed by atoms with Crippen molar-refractivity contribution in [2.45, 2.75) is 33.3 Å². The van der Waals surface area contributed by atoms with Crippen molar-refractivity contribution in [3.05, 3.63) is 11.1 Å². The molecule has 7 heteroatoms. The summed E-state index contributed by atoms with van der Waals surface area (Å²) in [4.78, 5) is 4.00. The van der Waals surface area contributed by atoms with Crippen LogP contribution in [0.4, 0.5) is 5.13 Å². The zero-order chi connectivity index (χ0) is 13.1. The lowest BCUT2D eigenvalue weighted by atomic mass is 10.2. The molecule has 0 aromatic carbocycles. The molecule has 1 rings (SSSR count). The number of nitrogens with one attached hydrogen (secondary N) is 1. The fourth-order valence-corrected chi connectivity index (χ4v) is 3.51. The first kappa shape index (κ1) is 14.4. The van der Waals surface area contributed by atoms with Gasteiger partial charge < -0.3 is 5.11 Å². The lowest BCUT2D eigenvalue weighted by Crippen LogP contribution is -2.17. The van der Waals surface area contributed by atoms with Crippen molar-refractivity contribution in [2.24, 2.45) is 5.92 Å². The Kier molecular flexibility index (Phi) is 4.91. The molecular formula is C10H18N2O3S2. The third-order valence-electron chi connectivity index (χ3n) is 2.16. The van der Waals surface area contributed by atoms with E-state index in [2.05, 4.69) is 9.71 Å². The highest BCUT2D eigenvalue weighted by atomic mass is 32.2. The Labute approximate surface area is 106 Å². The van der Waals surface area contributed by atoms with E-state index in [0.29, 0.717) is 23.2 Å². The van der Waals surface area contributed by atoms with E-state index in [0.717, 1.165) is 0 Å². The fourth-order valence-electron chi connectivity index (χ4n) is 1.10. The summed E-state index contributed by atoms with van der Waals surface area (Å²) in [5.74, 6) is 0.435. The van der Waals surface area contributed by atoms with Gasteiger partial charge in [-0.3, -0.25) is 4.72 Å². The molecule has 1 unspecified atom stereocenters. The summed E-state index contributed by atoms with van der Waals surface area (Å²) in [6.07, 6.45) is -0.0654. The number of sulfonamides is 1. The Hall–Kier alpha value is -0.660. The first-order chi connectivity index (χ1) is 7.80. The highest BCUT2D eigenvalue weighted by molar-refractivity contribution is 7.92. The molecule has 0 spiro atoms. The maximum Gasteiger partial charge on any atom is 0.234 e. The van der Waals surface area contributed by atoms with E-state index in [4.69, 9.17) is 0 Å². The monoisotopic (exact) mass is 278 g/mol. The summed E-state index contributed by atoms with van der Waals surface area (Å²) in [5, 5.41) is 11.2. The molecule has 1 heterocycles. The van der Waals surface area contributed by atoms with Gasteiger partial charge in [-0.25, -0.2) is 13.4 Å². The highest BCUT2D eigenvalue weighted by Gasteiger charge is 2.14. The minimum absolute atomic E-state index is 0.0915. The van der Waals surface area contributed by atoms with Gasteiger partial charge in [-0.05, 0) is 19.3 Å². The Bertz CT molecular complexity index is 452. The molecule has 5 nitrogen and oxygen atoms in total. The van der Waals surface area contributed by atoms with Gasteiger partial charge in [0.1, 0.15) is 0 Å². The largest absolute Gasteiger partial charge is 0.387 e. The van der Waals surface area contributed by atoms with Gasteiger partial charge in [-0.1, -0.05) is 13.8 Å². The van der Waals surface area contributed by atoms with Crippen LogP contribution in [0.15, 0.2) is 5.38 Å². The van der Waals surface area contributed by atoms with E-state index in [1.807, 2.05) is 13.8 Å². The molecular weight excluding hydrogens is 260 g/mol. The van der Waals surface area contributed by atoms with E-state index in [1.54, 1.807) is 12.3 Å². The predicted octanol–water partition coefficient (Wildman–Crippen LogP) is 1.98. The number of anilines is 1. The van der Waals surface area contributed by atoms with Crippen LogP contribution in [0.1, 0.15) is 39.0 Å². The number of nitrogens with zero attached hydrogens (tertiary/aromatic N) is 1. The second-order valence-electron chi connectivity index (χ2n) is 4.36. The zero-order valence-electron chi connectivity index (χ0n) is 10.2. The summed E-state index contributed by atoms with van der Waals surface area (Å²) in [6.45, 7) is 5.54. The van der Waals surface area contributed by atoms with Crippen molar-refractivity contribution in [1.29, 1.82) is 0 Å². The van der Waals surface area contributed by atoms with Crippen LogP contribution in [0.2, 0.25) is 0 Å². The summed E-state index contributed by atoms with van der Waals surface area (Å²) in [6, 6.07) is 0. The molecule has 0 radical (unpaired) electrons. The topological polar surface area (TPSA) is 79.3 Å². The molecule has 0 aliphatic carbocycles. The number of aliphatic hydroxyl groups is 1. The van der Waals surface area contributed by atoms with Gasteiger partial charge in [0.15, 0.2) is 5.13 Å². The Morgan fingerprint density at radius 3 is 2.59 bits per heavy atom. The van der Waals surface area contributed by atoms with E-state index in [-0.39, 0.29) is 5.75 Å². The molecule has 0 fully saturated rings. The normalized spacial score (nSPS) is 13.9. The van der Waals surface area contributed by atoms with Gasteiger partial charge >= 0.3 is 0 Å². The maximum absolute atomic E-state index is 11.7. The van der Waals surface area contributed by atoms with Gasteiger partial charge in [-0.15, -0.1) is 11.3 Å². The van der Waals surface area contributed by atoms with Crippen LogP contribution in [0.25, 0.3) is 0 Å². The molecule has 0 aliphatic heterocycles. The van der Waals surface area contributed by atoms with Crippen molar-refractivity contribution in [3.63, 3.8) is 0 Å². The van der Waals surface area contributed by atoms with Crippen LogP contribution in [0, 0.1) is 5.92 Å². The number of rotatable bonds is 6. The third-order valence-corrected chi connectivity index (χ3v) is 4.34. The maximum atomic E-state index is 11.7. The molecule has 0 saturated carbocycles. The standard InChI is InChI=1S/C10H18N2O3S2/c1-7(2)4-5-17(14,15)12-10-11-9(6-16-10)8(3)13/h6-8,13H,4-5H2,1-3H3,(H,11,12). The fraction of sp³-hybridized carbons (Fsp3) is 0.700. The van der Waals surface area contributed by atoms with Gasteiger partial charge in [0.2, 0.25) is 10.0 Å². The van der Waals surface area contributed by atoms with Gasteiger partial charge in [0, 0.05) is 5.38 Å². The molecule has 0 saturated heterocycles. The summed E-state index contributed by atoms with van der Waals surface area (Å²) >= 11 is 1.18. The van der Waals surface area contributed by atoms with Crippen molar-refractivity contribution < 1.29 is 13.5 Å². The van der Waals surface area contributed by atoms with Crippen molar-refractivity contribution in [1.82, 2.24) is 4.98 Å². The molecule has 0 aliphatic rings. The van der Waals surface area contributed by atoms with Crippen LogP contribution in [0.3, 0.4) is 0 Å². The average Bonchev–Trinajstić information content (AvgIpc) is 2.63. The molecule has 2 N–H and O–H groups in total. The van der Waals surface area contributed by atoms with Gasteiger partial charge in [-0.2, -0.15) is 0 Å². The third kappa shape index (κ3) is 5.01. The quantitative estimate of drug-likeness (QED) is 0.834. The number of aliphatic hydroxyl groups excluding tert-OH is 1. The summed E-state index contributed by atoms with van der Waals surface area (Å²) in [7, 11) is -3.33. The van der Waals surface area contributed by atoms with Crippen LogP contribution >= 0.6 is 11.3 Å². The van der Waals surface area contributed by atoms with E-state index >= 15 is 0 Å². The van der Waals surface area contributed by atoms with E-state index < -0.39 is 16.1 Å². The molecule has 1 atom stereocenters. The van der Waals surface area contributed by atoms with Crippen LogP contribution in [-0.2, 0) is 10.0 Å². The van der Waals surface area contributed by atoms with Crippen molar-refractivity contribution in [2.75, 3.05) is 10.5 Å². The van der Waals surface area contributed by atoms with Gasteiger partial charge in [0.05, 0.1) is 17.6 Å². The average molecular weight is 278 g/mol. The minimum Gasteiger partial charge on any atom is -0.387 e. The van der Waals surface area contributed by atoms with E-state index in [1.165, 1.54) is 11.3 Å². The lowest BCUT2D eigenvalue weighted by Gasteiger charge is -2.06. The van der Waals surface area contributed by atoms with Crippen LogP contribution in [0.5, 0.6) is 0 Å². The smallest absolute Gasteiger partial charge is 0.234 e. The van der Waals surface area contributed by atoms with Crippen LogP contribution < -0.4 is 4.72 Å². The number of hydrogen-bond donors (Lipinski definition) is 2. The second-order valence-corrected chi connectivity index (χ2v) is 7.06. The highest BCUT2D eigenvalue weighted by Crippen LogP contribution is 2.21. The Morgan fingerprint density at radius 1 is 1.47 bits per heavy atom. The molecule has 17 heavy (non-hydrogen) atoms. The lowest BCUT2D eigenvalue weighted by molar-refractivity contribution is 0.195. The minimum atomic E-state index is -3.33. The molecule has 1 aromatic heterocycles. The number of aromatic nitrogens is 1. The summed E-state index contributed by atoms with van der Waals surface area (Å²) in [5.41, 5.74) is 0.483. The Morgan fingerprint density at radius 2 is 2.12 bits per heavy atom. The van der Waals surface area contributed by atoms with E-state index in [9.17, 15) is 13.5 Å². The Balaban J connectivity index is 2.63. The molecule has 0 amide bonds. The van der Waals surface area contributed by atoms with Crippen LogP contribution in [-0.4, -0.2) is 24.3 Å². The zero-order valence-corrected chi connectivity index (χ0v) is 11.8. The first-order valence-corrected chi connectivity index (χ1v) is 7.97. The van der Waals surface area contributed by atoms with Crippen molar-refractivity contribution in [3.8, 4) is 0 Å². The second kappa shape index (κ2) is 5.79. The van der Waals surface area contributed by atoms with Gasteiger partial charge in [0.25, 0.3) is 0 Å². The number of thiazole rings is 1. The first-order valence-electron chi connectivity index (χ1n) is 5.44. The van der Waals surface area contributed by atoms with Crippen molar-refractivity contribution >= 4 is 26.5 Å². The summed E-state index contributed by atoms with van der Waals surface area (Å²) < 4.78 is 25.8. The molecule has 98 valence electrons. The SMILES string of the molecule is CC(C)CCS(=O)(=O)Nc1nc(C(C)O)cs1.